The van der Waals surface area contributed by atoms with Gasteiger partial charge >= 0.3 is 0 Å². The number of rotatable bonds is 3. The Morgan fingerprint density at radius 2 is 2.38 bits per heavy atom. The molecule has 0 aliphatic rings. The lowest BCUT2D eigenvalue weighted by atomic mass is 10.2. The van der Waals surface area contributed by atoms with Gasteiger partial charge in [0.25, 0.3) is 5.91 Å². The highest BCUT2D eigenvalue weighted by molar-refractivity contribution is 5.96. The summed E-state index contributed by atoms with van der Waals surface area (Å²) in [6.45, 7) is 1.86. The highest BCUT2D eigenvalue weighted by Crippen LogP contribution is 2.05. The Bertz CT molecular complexity index is 417. The minimum Gasteiger partial charge on any atom is -0.409 e. The SMILES string of the molecule is Cc1cccnc1C(=O)N(C)CC(N)=NO. The van der Waals surface area contributed by atoms with Crippen LogP contribution < -0.4 is 5.73 Å². The maximum Gasteiger partial charge on any atom is 0.272 e. The molecule has 86 valence electrons. The van der Waals surface area contributed by atoms with E-state index in [4.69, 9.17) is 10.9 Å². The Balaban J connectivity index is 2.83. The zero-order chi connectivity index (χ0) is 12.1. The maximum absolute atomic E-state index is 11.9. The predicted octanol–water partition coefficient (Wildman–Crippen LogP) is 0.208. The fourth-order valence-corrected chi connectivity index (χ4v) is 1.24. The molecule has 0 aliphatic carbocycles. The van der Waals surface area contributed by atoms with Gasteiger partial charge in [0.15, 0.2) is 5.84 Å². The number of aryl methyl sites for hydroxylation is 1. The van der Waals surface area contributed by atoms with Gasteiger partial charge in [-0.1, -0.05) is 11.2 Å². The van der Waals surface area contributed by atoms with Gasteiger partial charge in [0.05, 0.1) is 6.54 Å². The molecule has 1 amide bonds. The first-order valence-electron chi connectivity index (χ1n) is 4.69. The van der Waals surface area contributed by atoms with Crippen molar-refractivity contribution in [2.75, 3.05) is 13.6 Å². The average molecular weight is 222 g/mol. The van der Waals surface area contributed by atoms with Crippen LogP contribution in [-0.2, 0) is 0 Å². The number of carbonyl (C=O) groups excluding carboxylic acids is 1. The fourth-order valence-electron chi connectivity index (χ4n) is 1.24. The van der Waals surface area contributed by atoms with E-state index in [1.807, 2.05) is 0 Å². The van der Waals surface area contributed by atoms with Crippen LogP contribution in [0.2, 0.25) is 0 Å². The maximum atomic E-state index is 11.9. The number of hydrogen-bond acceptors (Lipinski definition) is 4. The molecule has 0 aromatic carbocycles. The van der Waals surface area contributed by atoms with Gasteiger partial charge in [-0.25, -0.2) is 0 Å². The second kappa shape index (κ2) is 5.11. The lowest BCUT2D eigenvalue weighted by Crippen LogP contribution is -2.36. The van der Waals surface area contributed by atoms with Gasteiger partial charge in [0.2, 0.25) is 0 Å². The number of pyridine rings is 1. The lowest BCUT2D eigenvalue weighted by Gasteiger charge is -2.16. The van der Waals surface area contributed by atoms with E-state index in [0.29, 0.717) is 5.69 Å². The van der Waals surface area contributed by atoms with Crippen molar-refractivity contribution in [1.82, 2.24) is 9.88 Å². The third-order valence-electron chi connectivity index (χ3n) is 2.09. The normalized spacial score (nSPS) is 11.2. The lowest BCUT2D eigenvalue weighted by molar-refractivity contribution is 0.0807. The first kappa shape index (κ1) is 12.0. The van der Waals surface area contributed by atoms with Gasteiger partial charge in [-0.2, -0.15) is 0 Å². The highest BCUT2D eigenvalue weighted by atomic mass is 16.4. The summed E-state index contributed by atoms with van der Waals surface area (Å²) in [7, 11) is 1.56. The van der Waals surface area contributed by atoms with Crippen molar-refractivity contribution in [2.24, 2.45) is 10.9 Å². The fraction of sp³-hybridized carbons (Fsp3) is 0.300. The number of hydrogen-bond donors (Lipinski definition) is 2. The topological polar surface area (TPSA) is 91.8 Å². The number of oxime groups is 1. The van der Waals surface area contributed by atoms with Gasteiger partial charge in [-0.05, 0) is 18.6 Å². The van der Waals surface area contributed by atoms with Crippen molar-refractivity contribution in [2.45, 2.75) is 6.92 Å². The van der Waals surface area contributed by atoms with Crippen LogP contribution >= 0.6 is 0 Å². The smallest absolute Gasteiger partial charge is 0.272 e. The summed E-state index contributed by atoms with van der Waals surface area (Å²) < 4.78 is 0. The summed E-state index contributed by atoms with van der Waals surface area (Å²) in [5, 5.41) is 11.2. The Labute approximate surface area is 93.4 Å². The summed E-state index contributed by atoms with van der Waals surface area (Å²) in [6.07, 6.45) is 1.55. The van der Waals surface area contributed by atoms with E-state index in [9.17, 15) is 4.79 Å². The second-order valence-electron chi connectivity index (χ2n) is 3.42. The van der Waals surface area contributed by atoms with E-state index in [1.54, 1.807) is 32.3 Å². The Morgan fingerprint density at radius 1 is 1.69 bits per heavy atom. The van der Waals surface area contributed by atoms with Crippen molar-refractivity contribution in [3.8, 4) is 0 Å². The standard InChI is InChI=1S/C10H14N4O2/c1-7-4-3-5-12-9(7)10(15)14(2)6-8(11)13-16/h3-5,16H,6H2,1-2H3,(H2,11,13). The number of nitrogens with zero attached hydrogens (tertiary/aromatic N) is 3. The molecule has 3 N–H and O–H groups in total. The summed E-state index contributed by atoms with van der Waals surface area (Å²) >= 11 is 0. The summed E-state index contributed by atoms with van der Waals surface area (Å²) in [4.78, 5) is 17.2. The van der Waals surface area contributed by atoms with E-state index in [-0.39, 0.29) is 18.3 Å². The van der Waals surface area contributed by atoms with Gasteiger partial charge in [0.1, 0.15) is 5.69 Å². The van der Waals surface area contributed by atoms with Crippen LogP contribution in [0.4, 0.5) is 0 Å². The molecule has 1 aromatic heterocycles. The number of carbonyl (C=O) groups is 1. The molecule has 6 nitrogen and oxygen atoms in total. The van der Waals surface area contributed by atoms with E-state index in [2.05, 4.69) is 10.1 Å². The zero-order valence-corrected chi connectivity index (χ0v) is 9.21. The van der Waals surface area contributed by atoms with Crippen LogP contribution in [0, 0.1) is 6.92 Å². The molecule has 0 unspecified atom stereocenters. The van der Waals surface area contributed by atoms with Crippen molar-refractivity contribution in [1.29, 1.82) is 0 Å². The number of amides is 1. The molecule has 16 heavy (non-hydrogen) atoms. The molecular weight excluding hydrogens is 208 g/mol. The van der Waals surface area contributed by atoms with Crippen molar-refractivity contribution >= 4 is 11.7 Å². The van der Waals surface area contributed by atoms with Gasteiger partial charge in [-0.15, -0.1) is 0 Å². The van der Waals surface area contributed by atoms with Gasteiger partial charge in [-0.3, -0.25) is 9.78 Å². The molecule has 1 rings (SSSR count). The molecule has 1 heterocycles. The van der Waals surface area contributed by atoms with E-state index < -0.39 is 0 Å². The van der Waals surface area contributed by atoms with E-state index in [0.717, 1.165) is 5.56 Å². The molecule has 0 saturated carbocycles. The monoisotopic (exact) mass is 222 g/mol. The summed E-state index contributed by atoms with van der Waals surface area (Å²) in [6, 6.07) is 3.56. The van der Waals surface area contributed by atoms with Crippen LogP contribution in [0.3, 0.4) is 0 Å². The van der Waals surface area contributed by atoms with Gasteiger partial charge in [0, 0.05) is 13.2 Å². The molecule has 0 aliphatic heterocycles. The van der Waals surface area contributed by atoms with Crippen molar-refractivity contribution in [3.63, 3.8) is 0 Å². The predicted molar refractivity (Wildman–Crippen MR) is 59.3 cm³/mol. The third-order valence-corrected chi connectivity index (χ3v) is 2.09. The number of likely N-dealkylation sites (N-methyl/N-ethyl adjacent to an activating group) is 1. The van der Waals surface area contributed by atoms with Crippen LogP contribution in [0.1, 0.15) is 16.1 Å². The molecule has 6 heteroatoms. The molecule has 0 spiro atoms. The first-order valence-corrected chi connectivity index (χ1v) is 4.69. The van der Waals surface area contributed by atoms with E-state index >= 15 is 0 Å². The molecule has 0 atom stereocenters. The molecular formula is C10H14N4O2. The molecule has 0 bridgehead atoms. The summed E-state index contributed by atoms with van der Waals surface area (Å²) in [5.41, 5.74) is 6.48. The first-order chi connectivity index (χ1) is 7.56. The Morgan fingerprint density at radius 3 is 2.94 bits per heavy atom. The average Bonchev–Trinajstić information content (AvgIpc) is 2.28. The second-order valence-corrected chi connectivity index (χ2v) is 3.42. The van der Waals surface area contributed by atoms with Crippen LogP contribution in [0.15, 0.2) is 23.5 Å². The Hall–Kier alpha value is -2.11. The number of nitrogens with two attached hydrogens (primary N) is 1. The van der Waals surface area contributed by atoms with Gasteiger partial charge < -0.3 is 15.8 Å². The number of amidine groups is 1. The summed E-state index contributed by atoms with van der Waals surface area (Å²) in [5.74, 6) is -0.283. The van der Waals surface area contributed by atoms with Crippen LogP contribution in [0.5, 0.6) is 0 Å². The molecule has 0 saturated heterocycles. The Kier molecular flexibility index (Phi) is 3.82. The highest BCUT2D eigenvalue weighted by Gasteiger charge is 2.15. The molecule has 0 radical (unpaired) electrons. The minimum absolute atomic E-state index is 0.0237. The minimum atomic E-state index is -0.260. The third kappa shape index (κ3) is 2.69. The quantitative estimate of drug-likeness (QED) is 0.331. The van der Waals surface area contributed by atoms with Crippen molar-refractivity contribution in [3.05, 3.63) is 29.6 Å². The molecule has 0 fully saturated rings. The number of aromatic nitrogens is 1. The molecule has 1 aromatic rings. The zero-order valence-electron chi connectivity index (χ0n) is 9.21. The van der Waals surface area contributed by atoms with Crippen molar-refractivity contribution < 1.29 is 10.0 Å². The van der Waals surface area contributed by atoms with Crippen LogP contribution in [-0.4, -0.2) is 40.4 Å². The largest absolute Gasteiger partial charge is 0.409 e. The van der Waals surface area contributed by atoms with Crippen LogP contribution in [0.25, 0.3) is 0 Å². The van der Waals surface area contributed by atoms with E-state index in [1.165, 1.54) is 4.90 Å².